The molecule has 0 amide bonds. The van der Waals surface area contributed by atoms with E-state index >= 15 is 0 Å². The third-order valence-corrected chi connectivity index (χ3v) is 3.46. The molecule has 0 aliphatic heterocycles. The summed E-state index contributed by atoms with van der Waals surface area (Å²) in [5.74, 6) is -0.384. The molecule has 0 aliphatic rings. The van der Waals surface area contributed by atoms with Crippen LogP contribution in [0, 0.1) is 0 Å². The Kier molecular flexibility index (Phi) is 6.32. The van der Waals surface area contributed by atoms with Gasteiger partial charge in [0.25, 0.3) is 0 Å². The van der Waals surface area contributed by atoms with Crippen LogP contribution in [0.3, 0.4) is 0 Å². The molecule has 0 aliphatic carbocycles. The van der Waals surface area contributed by atoms with Crippen LogP contribution in [0.5, 0.6) is 11.5 Å². The van der Waals surface area contributed by atoms with Crippen molar-refractivity contribution in [3.8, 4) is 11.5 Å². The molecule has 2 rings (SSSR count). The quantitative estimate of drug-likeness (QED) is 0.460. The minimum atomic E-state index is -0.627. The normalized spacial score (nSPS) is 10.6. The molecule has 0 N–H and O–H groups in total. The summed E-state index contributed by atoms with van der Waals surface area (Å²) in [7, 11) is 0. The van der Waals surface area contributed by atoms with Gasteiger partial charge in [0, 0.05) is 12.2 Å². The van der Waals surface area contributed by atoms with Crippen molar-refractivity contribution in [2.24, 2.45) is 0 Å². The summed E-state index contributed by atoms with van der Waals surface area (Å²) >= 11 is 0. The zero-order chi connectivity index (χ0) is 17.4. The van der Waals surface area contributed by atoms with Gasteiger partial charge in [-0.2, -0.15) is 0 Å². The predicted molar refractivity (Wildman–Crippen MR) is 92.1 cm³/mol. The van der Waals surface area contributed by atoms with Gasteiger partial charge >= 0.3 is 11.9 Å². The topological polar surface area (TPSA) is 52.6 Å². The Morgan fingerprint density at radius 1 is 0.708 bits per heavy atom. The number of rotatable bonds is 6. The molecule has 0 spiro atoms. The summed E-state index contributed by atoms with van der Waals surface area (Å²) in [6, 6.07) is 14.4. The van der Waals surface area contributed by atoms with Gasteiger partial charge in [0.1, 0.15) is 11.5 Å². The summed E-state index contributed by atoms with van der Waals surface area (Å²) in [6.45, 7) is 4.09. The molecule has 0 saturated carbocycles. The summed E-state index contributed by atoms with van der Waals surface area (Å²) in [5, 5.41) is 0. The minimum absolute atomic E-state index is 0.436. The van der Waals surface area contributed by atoms with Crippen LogP contribution in [0.15, 0.2) is 60.7 Å². The highest BCUT2D eigenvalue weighted by Crippen LogP contribution is 2.14. The number of carbonyl (C=O) groups is 2. The molecule has 0 unspecified atom stereocenters. The van der Waals surface area contributed by atoms with Crippen LogP contribution in [-0.4, -0.2) is 11.9 Å². The highest BCUT2D eigenvalue weighted by molar-refractivity contribution is 5.93. The molecule has 4 heteroatoms. The third-order valence-electron chi connectivity index (χ3n) is 3.46. The van der Waals surface area contributed by atoms with Crippen LogP contribution in [-0.2, 0) is 22.4 Å². The monoisotopic (exact) mass is 324 g/mol. The fourth-order valence-electron chi connectivity index (χ4n) is 2.02. The Morgan fingerprint density at radius 3 is 1.33 bits per heavy atom. The Hall–Kier alpha value is -2.88. The average Bonchev–Trinajstić information content (AvgIpc) is 2.61. The Bertz CT molecular complexity index is 649. The van der Waals surface area contributed by atoms with Crippen LogP contribution in [0.2, 0.25) is 0 Å². The van der Waals surface area contributed by atoms with E-state index in [0.29, 0.717) is 11.5 Å². The molecule has 0 aromatic heterocycles. The van der Waals surface area contributed by atoms with E-state index in [9.17, 15) is 9.59 Å². The van der Waals surface area contributed by atoms with Gasteiger partial charge in [-0.1, -0.05) is 38.1 Å². The molecule has 24 heavy (non-hydrogen) atoms. The van der Waals surface area contributed by atoms with E-state index in [1.807, 2.05) is 38.1 Å². The highest BCUT2D eigenvalue weighted by atomic mass is 16.5. The van der Waals surface area contributed by atoms with E-state index in [0.717, 1.165) is 36.1 Å². The first-order valence-electron chi connectivity index (χ1n) is 7.90. The number of benzene rings is 2. The van der Waals surface area contributed by atoms with Crippen LogP contribution in [0.1, 0.15) is 25.0 Å². The van der Waals surface area contributed by atoms with Crippen molar-refractivity contribution in [3.63, 3.8) is 0 Å². The SMILES string of the molecule is CCc1ccc(OC(=O)/C=C/C(=O)Oc2ccc(CC)cc2)cc1. The molecule has 0 bridgehead atoms. The lowest BCUT2D eigenvalue weighted by Crippen LogP contribution is -2.08. The Labute approximate surface area is 141 Å². The lowest BCUT2D eigenvalue weighted by Gasteiger charge is -2.03. The molecule has 0 atom stereocenters. The first-order chi connectivity index (χ1) is 11.6. The maximum absolute atomic E-state index is 11.7. The average molecular weight is 324 g/mol. The summed E-state index contributed by atoms with van der Waals surface area (Å²) in [6.07, 6.45) is 3.94. The molecule has 4 nitrogen and oxygen atoms in total. The van der Waals surface area contributed by atoms with Crippen LogP contribution < -0.4 is 9.47 Å². The van der Waals surface area contributed by atoms with E-state index < -0.39 is 11.9 Å². The molecule has 2 aromatic carbocycles. The van der Waals surface area contributed by atoms with Crippen molar-refractivity contribution >= 4 is 11.9 Å². The van der Waals surface area contributed by atoms with Gasteiger partial charge in [0.15, 0.2) is 0 Å². The van der Waals surface area contributed by atoms with Crippen LogP contribution in [0.25, 0.3) is 0 Å². The van der Waals surface area contributed by atoms with Gasteiger partial charge in [-0.15, -0.1) is 0 Å². The predicted octanol–water partition coefficient (Wildman–Crippen LogP) is 3.88. The van der Waals surface area contributed by atoms with Crippen molar-refractivity contribution in [1.29, 1.82) is 0 Å². The first kappa shape index (κ1) is 17.5. The molecule has 2 aromatic rings. The minimum Gasteiger partial charge on any atom is -0.423 e. The number of ether oxygens (including phenoxy) is 2. The molecule has 0 saturated heterocycles. The highest BCUT2D eigenvalue weighted by Gasteiger charge is 2.04. The van der Waals surface area contributed by atoms with Gasteiger partial charge in [-0.05, 0) is 48.2 Å². The summed E-state index contributed by atoms with van der Waals surface area (Å²) in [5.41, 5.74) is 2.31. The zero-order valence-corrected chi connectivity index (χ0v) is 13.8. The summed E-state index contributed by atoms with van der Waals surface area (Å²) < 4.78 is 10.2. The largest absolute Gasteiger partial charge is 0.423 e. The molecular weight excluding hydrogens is 304 g/mol. The van der Waals surface area contributed by atoms with E-state index in [-0.39, 0.29) is 0 Å². The maximum atomic E-state index is 11.7. The Balaban J connectivity index is 1.86. The third kappa shape index (κ3) is 5.39. The fourth-order valence-corrected chi connectivity index (χ4v) is 2.02. The van der Waals surface area contributed by atoms with E-state index in [2.05, 4.69) is 0 Å². The molecule has 124 valence electrons. The molecule has 0 radical (unpaired) electrons. The lowest BCUT2D eigenvalue weighted by atomic mass is 10.2. The van der Waals surface area contributed by atoms with Crippen molar-refractivity contribution in [2.75, 3.05) is 0 Å². The second kappa shape index (κ2) is 8.67. The van der Waals surface area contributed by atoms with E-state index in [1.165, 1.54) is 0 Å². The summed E-state index contributed by atoms with van der Waals surface area (Å²) in [4.78, 5) is 23.4. The van der Waals surface area contributed by atoms with Gasteiger partial charge < -0.3 is 9.47 Å². The van der Waals surface area contributed by atoms with Gasteiger partial charge in [-0.25, -0.2) is 9.59 Å². The van der Waals surface area contributed by atoms with E-state index in [1.54, 1.807) is 24.3 Å². The van der Waals surface area contributed by atoms with Crippen LogP contribution >= 0.6 is 0 Å². The fraction of sp³-hybridized carbons (Fsp3) is 0.200. The Morgan fingerprint density at radius 2 is 1.04 bits per heavy atom. The second-order valence-electron chi connectivity index (χ2n) is 5.17. The first-order valence-corrected chi connectivity index (χ1v) is 7.90. The number of hydrogen-bond acceptors (Lipinski definition) is 4. The number of esters is 2. The molecular formula is C20H20O4. The van der Waals surface area contributed by atoms with Crippen LogP contribution in [0.4, 0.5) is 0 Å². The number of hydrogen-bond donors (Lipinski definition) is 0. The maximum Gasteiger partial charge on any atom is 0.336 e. The molecule has 0 heterocycles. The van der Waals surface area contributed by atoms with E-state index in [4.69, 9.17) is 9.47 Å². The van der Waals surface area contributed by atoms with Crippen molar-refractivity contribution in [2.45, 2.75) is 26.7 Å². The van der Waals surface area contributed by atoms with Crippen molar-refractivity contribution in [1.82, 2.24) is 0 Å². The number of carbonyl (C=O) groups excluding carboxylic acids is 2. The van der Waals surface area contributed by atoms with Crippen molar-refractivity contribution in [3.05, 3.63) is 71.8 Å². The van der Waals surface area contributed by atoms with Crippen molar-refractivity contribution < 1.29 is 19.1 Å². The second-order valence-corrected chi connectivity index (χ2v) is 5.17. The smallest absolute Gasteiger partial charge is 0.336 e. The van der Waals surface area contributed by atoms with Gasteiger partial charge in [0.2, 0.25) is 0 Å². The number of aryl methyl sites for hydroxylation is 2. The van der Waals surface area contributed by atoms with Gasteiger partial charge in [-0.3, -0.25) is 0 Å². The standard InChI is InChI=1S/C20H20O4/c1-3-15-5-9-17(10-6-15)23-19(21)13-14-20(22)24-18-11-7-16(4-2)8-12-18/h5-14H,3-4H2,1-2H3/b14-13+. The van der Waals surface area contributed by atoms with Gasteiger partial charge in [0.05, 0.1) is 0 Å². The zero-order valence-electron chi connectivity index (χ0n) is 13.8. The lowest BCUT2D eigenvalue weighted by molar-refractivity contribution is -0.131. The molecule has 0 fully saturated rings.